The van der Waals surface area contributed by atoms with Crippen molar-refractivity contribution in [3.63, 3.8) is 0 Å². The van der Waals surface area contributed by atoms with Gasteiger partial charge in [-0.25, -0.2) is 4.79 Å². The van der Waals surface area contributed by atoms with E-state index in [4.69, 9.17) is 16.3 Å². The number of benzene rings is 1. The maximum Gasteiger partial charge on any atom is 0.317 e. The number of carbonyl (C=O) groups is 1. The molecule has 6 nitrogen and oxygen atoms in total. The lowest BCUT2D eigenvalue weighted by Crippen LogP contribution is -2.41. The zero-order valence-electron chi connectivity index (χ0n) is 13.1. The van der Waals surface area contributed by atoms with Crippen molar-refractivity contribution in [2.75, 3.05) is 13.6 Å². The van der Waals surface area contributed by atoms with Crippen LogP contribution >= 0.6 is 11.6 Å². The Morgan fingerprint density at radius 3 is 2.74 bits per heavy atom. The smallest absolute Gasteiger partial charge is 0.317 e. The quantitative estimate of drug-likeness (QED) is 0.882. The van der Waals surface area contributed by atoms with Crippen LogP contribution in [0, 0.1) is 0 Å². The molecular weight excluding hydrogens is 316 g/mol. The average molecular weight is 335 g/mol. The van der Waals surface area contributed by atoms with Crippen molar-refractivity contribution in [2.24, 2.45) is 0 Å². The second-order valence-corrected chi connectivity index (χ2v) is 5.56. The molecule has 0 aliphatic carbocycles. The van der Waals surface area contributed by atoms with Gasteiger partial charge in [0.2, 0.25) is 0 Å². The van der Waals surface area contributed by atoms with E-state index >= 15 is 0 Å². The molecule has 0 bridgehead atoms. The standard InChI is InChI=1S/C16H19ClN4O2/c1-12(23-15-5-3-13(17)4-6-15)9-20-16(22)21(2)11-14-10-18-7-8-19-14/h3-8,10,12H,9,11H2,1-2H3,(H,20,22). The highest BCUT2D eigenvalue weighted by Gasteiger charge is 2.12. The molecule has 1 unspecified atom stereocenters. The fourth-order valence-corrected chi connectivity index (χ4v) is 2.01. The summed E-state index contributed by atoms with van der Waals surface area (Å²) in [6.07, 6.45) is 4.67. The van der Waals surface area contributed by atoms with E-state index in [2.05, 4.69) is 15.3 Å². The molecule has 0 fully saturated rings. The number of nitrogens with zero attached hydrogens (tertiary/aromatic N) is 3. The highest BCUT2D eigenvalue weighted by atomic mass is 35.5. The third kappa shape index (κ3) is 5.75. The van der Waals surface area contributed by atoms with E-state index in [0.29, 0.717) is 23.9 Å². The summed E-state index contributed by atoms with van der Waals surface area (Å²) in [5, 5.41) is 3.48. The molecule has 122 valence electrons. The summed E-state index contributed by atoms with van der Waals surface area (Å²) in [6.45, 7) is 2.68. The normalized spacial score (nSPS) is 11.6. The second-order valence-electron chi connectivity index (χ2n) is 5.12. The van der Waals surface area contributed by atoms with Crippen LogP contribution in [0.25, 0.3) is 0 Å². The van der Waals surface area contributed by atoms with Crippen molar-refractivity contribution >= 4 is 17.6 Å². The molecule has 2 rings (SSSR count). The minimum atomic E-state index is -0.192. The van der Waals surface area contributed by atoms with Crippen molar-refractivity contribution in [1.29, 1.82) is 0 Å². The summed E-state index contributed by atoms with van der Waals surface area (Å²) < 4.78 is 5.70. The Balaban J connectivity index is 1.75. The lowest BCUT2D eigenvalue weighted by atomic mass is 10.3. The Kier molecular flexibility index (Phi) is 6.17. The van der Waals surface area contributed by atoms with Gasteiger partial charge in [0.25, 0.3) is 0 Å². The van der Waals surface area contributed by atoms with E-state index < -0.39 is 0 Å². The minimum absolute atomic E-state index is 0.162. The van der Waals surface area contributed by atoms with Gasteiger partial charge < -0.3 is 15.0 Å². The zero-order valence-corrected chi connectivity index (χ0v) is 13.8. The highest BCUT2D eigenvalue weighted by molar-refractivity contribution is 6.30. The monoisotopic (exact) mass is 334 g/mol. The molecule has 1 N–H and O–H groups in total. The topological polar surface area (TPSA) is 67.4 Å². The number of nitrogens with one attached hydrogen (secondary N) is 1. The van der Waals surface area contributed by atoms with E-state index in [0.717, 1.165) is 5.69 Å². The van der Waals surface area contributed by atoms with Gasteiger partial charge in [0.1, 0.15) is 11.9 Å². The summed E-state index contributed by atoms with van der Waals surface area (Å²) in [5.74, 6) is 0.712. The minimum Gasteiger partial charge on any atom is -0.489 e. The number of amides is 2. The average Bonchev–Trinajstić information content (AvgIpc) is 2.55. The maximum atomic E-state index is 12.0. The molecule has 0 radical (unpaired) electrons. The fraction of sp³-hybridized carbons (Fsp3) is 0.312. The van der Waals surface area contributed by atoms with Crippen LogP contribution in [0.5, 0.6) is 5.75 Å². The molecule has 0 spiro atoms. The van der Waals surface area contributed by atoms with Gasteiger partial charge in [-0.15, -0.1) is 0 Å². The molecule has 0 aliphatic rings. The molecule has 1 atom stereocenters. The maximum absolute atomic E-state index is 12.0. The Labute approximate surface area is 140 Å². The number of halogens is 1. The summed E-state index contributed by atoms with van der Waals surface area (Å²) in [6, 6.07) is 6.91. The fourth-order valence-electron chi connectivity index (χ4n) is 1.88. The summed E-state index contributed by atoms with van der Waals surface area (Å²) in [5.41, 5.74) is 0.732. The SMILES string of the molecule is CC(CNC(=O)N(C)Cc1cnccn1)Oc1ccc(Cl)cc1. The summed E-state index contributed by atoms with van der Waals surface area (Å²) in [7, 11) is 1.70. The molecule has 0 saturated heterocycles. The van der Waals surface area contributed by atoms with Gasteiger partial charge in [0, 0.05) is 24.5 Å². The summed E-state index contributed by atoms with van der Waals surface area (Å²) >= 11 is 5.82. The van der Waals surface area contributed by atoms with Gasteiger partial charge in [-0.1, -0.05) is 11.6 Å². The van der Waals surface area contributed by atoms with Gasteiger partial charge in [-0.2, -0.15) is 0 Å². The van der Waals surface area contributed by atoms with Crippen molar-refractivity contribution in [1.82, 2.24) is 20.2 Å². The molecule has 0 aliphatic heterocycles. The first kappa shape index (κ1) is 17.0. The van der Waals surface area contributed by atoms with Gasteiger partial charge in [0.05, 0.1) is 25.0 Å². The van der Waals surface area contributed by atoms with Gasteiger partial charge >= 0.3 is 6.03 Å². The predicted molar refractivity (Wildman–Crippen MR) is 88.4 cm³/mol. The molecular formula is C16H19ClN4O2. The summed E-state index contributed by atoms with van der Waals surface area (Å²) in [4.78, 5) is 21.7. The molecule has 1 aromatic heterocycles. The van der Waals surface area contributed by atoms with Crippen LogP contribution < -0.4 is 10.1 Å². The molecule has 23 heavy (non-hydrogen) atoms. The Bertz CT molecular complexity index is 622. The number of hydrogen-bond acceptors (Lipinski definition) is 4. The predicted octanol–water partition coefficient (Wildman–Crippen LogP) is 2.74. The van der Waals surface area contributed by atoms with E-state index in [9.17, 15) is 4.79 Å². The number of aromatic nitrogens is 2. The Morgan fingerprint density at radius 1 is 1.35 bits per heavy atom. The third-order valence-electron chi connectivity index (χ3n) is 3.05. The van der Waals surface area contributed by atoms with E-state index in [1.807, 2.05) is 6.92 Å². The first-order chi connectivity index (χ1) is 11.0. The lowest BCUT2D eigenvalue weighted by Gasteiger charge is -2.20. The lowest BCUT2D eigenvalue weighted by molar-refractivity contribution is 0.188. The van der Waals surface area contributed by atoms with E-state index in [1.165, 1.54) is 0 Å². The molecule has 2 aromatic rings. The number of rotatable bonds is 6. The van der Waals surface area contributed by atoms with Gasteiger partial charge in [-0.05, 0) is 31.2 Å². The van der Waals surface area contributed by atoms with Crippen molar-refractivity contribution in [3.8, 4) is 5.75 Å². The molecule has 1 heterocycles. The van der Waals surface area contributed by atoms with Crippen LogP contribution in [-0.2, 0) is 6.54 Å². The third-order valence-corrected chi connectivity index (χ3v) is 3.31. The number of carbonyl (C=O) groups excluding carboxylic acids is 1. The van der Waals surface area contributed by atoms with Crippen LogP contribution in [0.4, 0.5) is 4.79 Å². The first-order valence-corrected chi connectivity index (χ1v) is 7.58. The highest BCUT2D eigenvalue weighted by Crippen LogP contribution is 2.16. The van der Waals surface area contributed by atoms with Crippen molar-refractivity contribution < 1.29 is 9.53 Å². The number of ether oxygens (including phenoxy) is 1. The van der Waals surface area contributed by atoms with Gasteiger partial charge in [0.15, 0.2) is 0 Å². The largest absolute Gasteiger partial charge is 0.489 e. The van der Waals surface area contributed by atoms with Crippen LogP contribution in [0.1, 0.15) is 12.6 Å². The zero-order chi connectivity index (χ0) is 16.7. The second kappa shape index (κ2) is 8.33. The van der Waals surface area contributed by atoms with E-state index in [1.54, 1.807) is 54.8 Å². The Morgan fingerprint density at radius 2 is 2.09 bits per heavy atom. The number of urea groups is 1. The molecule has 7 heteroatoms. The van der Waals surface area contributed by atoms with E-state index in [-0.39, 0.29) is 12.1 Å². The van der Waals surface area contributed by atoms with Crippen LogP contribution in [0.2, 0.25) is 5.02 Å². The number of hydrogen-bond donors (Lipinski definition) is 1. The first-order valence-electron chi connectivity index (χ1n) is 7.20. The van der Waals surface area contributed by atoms with Crippen molar-refractivity contribution in [2.45, 2.75) is 19.6 Å². The van der Waals surface area contributed by atoms with Crippen LogP contribution in [0.15, 0.2) is 42.9 Å². The van der Waals surface area contributed by atoms with Crippen LogP contribution in [-0.4, -0.2) is 40.6 Å². The molecule has 0 saturated carbocycles. The molecule has 1 aromatic carbocycles. The van der Waals surface area contributed by atoms with Crippen molar-refractivity contribution in [3.05, 3.63) is 53.6 Å². The molecule has 2 amide bonds. The van der Waals surface area contributed by atoms with Gasteiger partial charge in [-0.3, -0.25) is 9.97 Å². The Hall–Kier alpha value is -2.34. The van der Waals surface area contributed by atoms with Crippen LogP contribution in [0.3, 0.4) is 0 Å².